The summed E-state index contributed by atoms with van der Waals surface area (Å²) in [6.07, 6.45) is -1.72. The third-order valence-electron chi connectivity index (χ3n) is 9.23. The Labute approximate surface area is 307 Å². The fourth-order valence-electron chi connectivity index (χ4n) is 6.73. The molecule has 0 spiro atoms. The summed E-state index contributed by atoms with van der Waals surface area (Å²) >= 11 is 0. The van der Waals surface area contributed by atoms with Crippen LogP contribution in [-0.4, -0.2) is 48.7 Å². The van der Waals surface area contributed by atoms with Gasteiger partial charge in [-0.1, -0.05) is 132 Å². The molecule has 0 saturated heterocycles. The number of halogens is 1. The van der Waals surface area contributed by atoms with Gasteiger partial charge in [-0.25, -0.2) is 14.4 Å². The van der Waals surface area contributed by atoms with Crippen LogP contribution in [0.4, 0.5) is 4.39 Å². The van der Waals surface area contributed by atoms with Crippen molar-refractivity contribution in [1.82, 2.24) is 9.97 Å². The fraction of sp³-hybridized carbons (Fsp3) is 0.262. The van der Waals surface area contributed by atoms with Gasteiger partial charge in [-0.2, -0.15) is 0 Å². The smallest absolute Gasteiger partial charge is 0.305 e. The molecule has 52 heavy (non-hydrogen) atoms. The topological polar surface area (TPSA) is 98.6 Å². The number of hydrogen-bond acceptors (Lipinski definition) is 6. The van der Waals surface area contributed by atoms with E-state index < -0.39 is 45.0 Å². The van der Waals surface area contributed by atoms with Crippen molar-refractivity contribution in [3.05, 3.63) is 139 Å². The number of hydrogen-bond donors (Lipinski definition) is 1. The number of benzene rings is 4. The van der Waals surface area contributed by atoms with E-state index >= 15 is 4.57 Å². The van der Waals surface area contributed by atoms with Crippen molar-refractivity contribution in [1.29, 1.82) is 0 Å². The van der Waals surface area contributed by atoms with E-state index in [0.717, 1.165) is 15.9 Å². The van der Waals surface area contributed by atoms with Crippen LogP contribution < -0.4 is 10.4 Å². The molecule has 4 aromatic carbocycles. The van der Waals surface area contributed by atoms with Gasteiger partial charge in [0.15, 0.2) is 5.82 Å². The lowest BCUT2D eigenvalue weighted by Gasteiger charge is -2.45. The van der Waals surface area contributed by atoms with E-state index in [1.54, 1.807) is 12.1 Å². The lowest BCUT2D eigenvalue weighted by molar-refractivity contribution is -0.138. The highest BCUT2D eigenvalue weighted by Crippen LogP contribution is 2.61. The van der Waals surface area contributed by atoms with Gasteiger partial charge in [0.2, 0.25) is 7.37 Å². The number of nitrogens with zero attached hydrogens (tertiary/aromatic N) is 2. The van der Waals surface area contributed by atoms with Crippen LogP contribution >= 0.6 is 7.37 Å². The van der Waals surface area contributed by atoms with E-state index in [-0.39, 0.29) is 17.4 Å². The molecule has 0 fully saturated rings. The summed E-state index contributed by atoms with van der Waals surface area (Å²) in [5.74, 6) is -1.23. The average molecular weight is 737 g/mol. The summed E-state index contributed by atoms with van der Waals surface area (Å²) in [5.41, 5.74) is 2.78. The average Bonchev–Trinajstić information content (AvgIpc) is 3.13. The fourth-order valence-corrected chi connectivity index (χ4v) is 13.4. The van der Waals surface area contributed by atoms with Crippen molar-refractivity contribution in [2.75, 3.05) is 13.3 Å². The molecule has 10 heteroatoms. The number of aliphatic carboxylic acids is 1. The molecule has 1 unspecified atom stereocenters. The predicted molar refractivity (Wildman–Crippen MR) is 210 cm³/mol. The first-order chi connectivity index (χ1) is 24.7. The SMILES string of the molecule is C=C(c1c(-c2ccc(F)cc2)nc(-c2ccccc2)nc1C(C)C)P(=O)(C[C@H](CC(=O)O)O[Si](c1ccccc1)(c1ccccc1)C(C)(C)C)OC. The minimum atomic E-state index is -3.97. The maximum Gasteiger partial charge on any atom is 0.305 e. The first kappa shape index (κ1) is 38.7. The van der Waals surface area contributed by atoms with Gasteiger partial charge in [-0.05, 0) is 45.6 Å². The minimum absolute atomic E-state index is 0.138. The van der Waals surface area contributed by atoms with E-state index in [4.69, 9.17) is 18.9 Å². The standard InChI is InChI=1S/C42H46FN2O5PSi/c1-29(2)39-38(40(31-23-25-33(43)26-24-31)45-41(44-39)32-17-11-8-12-18-32)30(3)51(48,49-7)28-34(27-37(46)47)50-52(42(4,5)6,35-19-13-9-14-20-35)36-21-15-10-16-22-36/h8-26,29,34H,3,27-28H2,1-2,4-7H3,(H,46,47)/t34-,51?/m0/s1. The molecular weight excluding hydrogens is 691 g/mol. The summed E-state index contributed by atoms with van der Waals surface area (Å²) < 4.78 is 42.7. The number of carbonyl (C=O) groups is 1. The molecule has 0 aliphatic rings. The Morgan fingerprint density at radius 2 is 1.37 bits per heavy atom. The van der Waals surface area contributed by atoms with E-state index in [1.165, 1.54) is 19.2 Å². The maximum absolute atomic E-state index is 15.4. The lowest BCUT2D eigenvalue weighted by Crippen LogP contribution is -2.68. The van der Waals surface area contributed by atoms with Crippen molar-refractivity contribution in [3.8, 4) is 22.6 Å². The van der Waals surface area contributed by atoms with Crippen LogP contribution in [0.1, 0.15) is 58.2 Å². The maximum atomic E-state index is 15.4. The highest BCUT2D eigenvalue weighted by Gasteiger charge is 2.52. The van der Waals surface area contributed by atoms with E-state index in [9.17, 15) is 14.3 Å². The normalized spacial score (nSPS) is 13.8. The first-order valence-corrected chi connectivity index (χ1v) is 21.0. The van der Waals surface area contributed by atoms with Crippen LogP contribution in [0.2, 0.25) is 5.04 Å². The molecule has 2 atom stereocenters. The molecular formula is C42H46FN2O5PSi. The highest BCUT2D eigenvalue weighted by atomic mass is 31.2. The van der Waals surface area contributed by atoms with Crippen LogP contribution in [0, 0.1) is 5.82 Å². The van der Waals surface area contributed by atoms with Crippen molar-refractivity contribution >= 4 is 37.3 Å². The number of aromatic nitrogens is 2. The second-order valence-corrected chi connectivity index (χ2v) is 21.0. The largest absolute Gasteiger partial charge is 0.481 e. The van der Waals surface area contributed by atoms with Gasteiger partial charge < -0.3 is 14.1 Å². The van der Waals surface area contributed by atoms with Crippen LogP contribution in [0.3, 0.4) is 0 Å². The van der Waals surface area contributed by atoms with Gasteiger partial charge in [0.05, 0.1) is 30.1 Å². The van der Waals surface area contributed by atoms with E-state index in [2.05, 4.69) is 27.4 Å². The minimum Gasteiger partial charge on any atom is -0.481 e. The van der Waals surface area contributed by atoms with Crippen LogP contribution in [0.15, 0.2) is 122 Å². The third-order valence-corrected chi connectivity index (χ3v) is 16.9. The predicted octanol–water partition coefficient (Wildman–Crippen LogP) is 9.39. The zero-order chi connectivity index (χ0) is 37.7. The van der Waals surface area contributed by atoms with Gasteiger partial charge in [-0.3, -0.25) is 9.36 Å². The molecule has 5 rings (SSSR count). The molecule has 0 aliphatic carbocycles. The third kappa shape index (κ3) is 8.08. The van der Waals surface area contributed by atoms with Gasteiger partial charge >= 0.3 is 5.97 Å². The van der Waals surface area contributed by atoms with Gasteiger partial charge in [-0.15, -0.1) is 0 Å². The second-order valence-electron chi connectivity index (χ2n) is 14.2. The Hall–Kier alpha value is -4.53. The zero-order valence-electron chi connectivity index (χ0n) is 30.5. The molecule has 1 aromatic heterocycles. The number of carboxylic acids is 1. The molecule has 0 amide bonds. The number of carboxylic acid groups (broad SMARTS) is 1. The van der Waals surface area contributed by atoms with Gasteiger partial charge in [0.1, 0.15) is 5.82 Å². The van der Waals surface area contributed by atoms with Crippen LogP contribution in [-0.2, 0) is 18.3 Å². The lowest BCUT2D eigenvalue weighted by atomic mass is 9.97. The molecule has 0 bridgehead atoms. The molecule has 1 heterocycles. The summed E-state index contributed by atoms with van der Waals surface area (Å²) in [5, 5.41) is 11.8. The molecule has 0 aliphatic heterocycles. The Bertz CT molecular complexity index is 2010. The van der Waals surface area contributed by atoms with Crippen molar-refractivity contribution < 1.29 is 27.8 Å². The second kappa shape index (κ2) is 16.0. The quantitative estimate of drug-likeness (QED) is 0.0896. The Kier molecular flexibility index (Phi) is 11.9. The van der Waals surface area contributed by atoms with Crippen molar-refractivity contribution in [3.63, 3.8) is 0 Å². The first-order valence-electron chi connectivity index (χ1n) is 17.3. The summed E-state index contributed by atoms with van der Waals surface area (Å²) in [6, 6.07) is 35.2. The van der Waals surface area contributed by atoms with Crippen molar-refractivity contribution in [2.24, 2.45) is 0 Å². The molecule has 1 N–H and O–H groups in total. The zero-order valence-corrected chi connectivity index (χ0v) is 32.4. The van der Waals surface area contributed by atoms with E-state index in [0.29, 0.717) is 28.3 Å². The summed E-state index contributed by atoms with van der Waals surface area (Å²) in [4.78, 5) is 22.5. The molecule has 270 valence electrons. The highest BCUT2D eigenvalue weighted by molar-refractivity contribution is 7.69. The van der Waals surface area contributed by atoms with E-state index in [1.807, 2.05) is 105 Å². The summed E-state index contributed by atoms with van der Waals surface area (Å²) in [6.45, 7) is 14.6. The monoisotopic (exact) mass is 736 g/mol. The summed E-state index contributed by atoms with van der Waals surface area (Å²) in [7, 11) is -5.91. The Balaban J connectivity index is 1.69. The Morgan fingerprint density at radius 1 is 0.846 bits per heavy atom. The molecule has 7 nitrogen and oxygen atoms in total. The van der Waals surface area contributed by atoms with Gasteiger partial charge in [0, 0.05) is 29.1 Å². The molecule has 0 radical (unpaired) electrons. The molecule has 5 aromatic rings. The Morgan fingerprint density at radius 3 is 1.83 bits per heavy atom. The molecule has 0 saturated carbocycles. The van der Waals surface area contributed by atoms with Crippen molar-refractivity contribution in [2.45, 2.75) is 58.1 Å². The van der Waals surface area contributed by atoms with Crippen LogP contribution in [0.25, 0.3) is 28.0 Å². The number of rotatable bonds is 14. The van der Waals surface area contributed by atoms with Gasteiger partial charge in [0.25, 0.3) is 8.32 Å². The van der Waals surface area contributed by atoms with Crippen LogP contribution in [0.5, 0.6) is 0 Å².